The van der Waals surface area contributed by atoms with Crippen molar-refractivity contribution >= 4 is 11.7 Å². The number of hydrogen-bond donors (Lipinski definition) is 2. The molecule has 0 aromatic heterocycles. The van der Waals surface area contributed by atoms with Gasteiger partial charge in [0.05, 0.1) is 12.8 Å². The van der Waals surface area contributed by atoms with Crippen LogP contribution in [-0.4, -0.2) is 19.7 Å². The zero-order chi connectivity index (χ0) is 16.8. The van der Waals surface area contributed by atoms with Crippen molar-refractivity contribution in [3.63, 3.8) is 0 Å². The summed E-state index contributed by atoms with van der Waals surface area (Å²) < 4.78 is 31.5. The van der Waals surface area contributed by atoms with E-state index in [0.29, 0.717) is 17.0 Å². The molecule has 0 bridgehead atoms. The second-order valence-corrected chi connectivity index (χ2v) is 5.07. The van der Waals surface area contributed by atoms with Crippen molar-refractivity contribution in [1.29, 1.82) is 0 Å². The van der Waals surface area contributed by atoms with Gasteiger partial charge >= 0.3 is 6.03 Å². The number of anilines is 1. The predicted molar refractivity (Wildman–Crippen MR) is 84.8 cm³/mol. The standard InChI is InChI=1S/C17H18F2N2O2/c1-11-3-6-15(16(9-11)23-2)21-17(22)20-8-7-12-4-5-13(18)10-14(12)19/h3-6,9-10H,7-8H2,1-2H3,(H2,20,21,22). The highest BCUT2D eigenvalue weighted by atomic mass is 19.1. The fourth-order valence-corrected chi connectivity index (χ4v) is 2.10. The lowest BCUT2D eigenvalue weighted by molar-refractivity contribution is 0.252. The van der Waals surface area contributed by atoms with E-state index >= 15 is 0 Å². The van der Waals surface area contributed by atoms with Gasteiger partial charge in [0.2, 0.25) is 0 Å². The van der Waals surface area contributed by atoms with Crippen LogP contribution in [0.3, 0.4) is 0 Å². The van der Waals surface area contributed by atoms with E-state index in [0.717, 1.165) is 11.6 Å². The second kappa shape index (κ2) is 7.58. The fraction of sp³-hybridized carbons (Fsp3) is 0.235. The van der Waals surface area contributed by atoms with Crippen LogP contribution in [0.25, 0.3) is 0 Å². The summed E-state index contributed by atoms with van der Waals surface area (Å²) in [5.41, 5.74) is 1.91. The number of hydrogen-bond acceptors (Lipinski definition) is 2. The third kappa shape index (κ3) is 4.67. The van der Waals surface area contributed by atoms with Crippen molar-refractivity contribution in [3.05, 3.63) is 59.2 Å². The Hall–Kier alpha value is -2.63. The monoisotopic (exact) mass is 320 g/mol. The molecular weight excluding hydrogens is 302 g/mol. The molecule has 0 radical (unpaired) electrons. The fourth-order valence-electron chi connectivity index (χ4n) is 2.10. The number of rotatable bonds is 5. The van der Waals surface area contributed by atoms with Crippen LogP contribution in [0, 0.1) is 18.6 Å². The highest BCUT2D eigenvalue weighted by Gasteiger charge is 2.08. The summed E-state index contributed by atoms with van der Waals surface area (Å²) >= 11 is 0. The molecule has 122 valence electrons. The van der Waals surface area contributed by atoms with E-state index in [1.54, 1.807) is 6.07 Å². The van der Waals surface area contributed by atoms with Gasteiger partial charge in [-0.1, -0.05) is 12.1 Å². The Morgan fingerprint density at radius 2 is 1.96 bits per heavy atom. The first-order chi connectivity index (χ1) is 11.0. The Kier molecular flexibility index (Phi) is 5.51. The number of halogens is 2. The number of urea groups is 1. The number of carbonyl (C=O) groups is 1. The maximum atomic E-state index is 13.5. The molecule has 23 heavy (non-hydrogen) atoms. The summed E-state index contributed by atoms with van der Waals surface area (Å²) in [6.07, 6.45) is 0.268. The van der Waals surface area contributed by atoms with Crippen molar-refractivity contribution in [2.45, 2.75) is 13.3 Å². The highest BCUT2D eigenvalue weighted by Crippen LogP contribution is 2.24. The third-order valence-electron chi connectivity index (χ3n) is 3.30. The molecule has 4 nitrogen and oxygen atoms in total. The molecule has 0 atom stereocenters. The highest BCUT2D eigenvalue weighted by molar-refractivity contribution is 5.90. The number of aryl methyl sites for hydroxylation is 1. The van der Waals surface area contributed by atoms with Gasteiger partial charge in [-0.25, -0.2) is 13.6 Å². The summed E-state index contributed by atoms with van der Waals surface area (Å²) in [6, 6.07) is 8.37. The number of benzene rings is 2. The normalized spacial score (nSPS) is 10.3. The van der Waals surface area contributed by atoms with Crippen molar-refractivity contribution in [2.75, 3.05) is 19.0 Å². The van der Waals surface area contributed by atoms with Crippen molar-refractivity contribution in [2.24, 2.45) is 0 Å². The van der Waals surface area contributed by atoms with Crippen LogP contribution in [0.4, 0.5) is 19.3 Å². The zero-order valence-corrected chi connectivity index (χ0v) is 13.0. The van der Waals surface area contributed by atoms with Crippen LogP contribution in [0.5, 0.6) is 5.75 Å². The molecule has 0 spiro atoms. The quantitative estimate of drug-likeness (QED) is 0.883. The lowest BCUT2D eigenvalue weighted by Gasteiger charge is -2.12. The van der Waals surface area contributed by atoms with Gasteiger partial charge < -0.3 is 15.4 Å². The molecule has 0 fully saturated rings. The first kappa shape index (κ1) is 16.7. The molecular formula is C17H18F2N2O2. The molecule has 0 aliphatic carbocycles. The summed E-state index contributed by atoms with van der Waals surface area (Å²) in [4.78, 5) is 11.9. The number of amides is 2. The van der Waals surface area contributed by atoms with Gasteiger partial charge in [-0.2, -0.15) is 0 Å². The molecule has 2 aromatic rings. The van der Waals surface area contributed by atoms with Gasteiger partial charge in [0.25, 0.3) is 0 Å². The van der Waals surface area contributed by atoms with Crippen molar-refractivity contribution in [3.8, 4) is 5.75 Å². The minimum absolute atomic E-state index is 0.225. The Labute approximate surface area is 133 Å². The molecule has 0 heterocycles. The third-order valence-corrected chi connectivity index (χ3v) is 3.30. The number of methoxy groups -OCH3 is 1. The first-order valence-electron chi connectivity index (χ1n) is 7.13. The average molecular weight is 320 g/mol. The lowest BCUT2D eigenvalue weighted by Crippen LogP contribution is -2.30. The van der Waals surface area contributed by atoms with Crippen molar-refractivity contribution < 1.29 is 18.3 Å². The van der Waals surface area contributed by atoms with Gasteiger partial charge in [0, 0.05) is 12.6 Å². The first-order valence-corrected chi connectivity index (χ1v) is 7.13. The minimum atomic E-state index is -0.622. The van der Waals surface area contributed by atoms with Gasteiger partial charge in [-0.3, -0.25) is 0 Å². The molecule has 2 amide bonds. The van der Waals surface area contributed by atoms with E-state index in [-0.39, 0.29) is 13.0 Å². The Balaban J connectivity index is 1.88. The predicted octanol–water partition coefficient (Wildman–Crippen LogP) is 3.65. The summed E-state index contributed by atoms with van der Waals surface area (Å²) in [5.74, 6) is -0.680. The van der Waals surface area contributed by atoms with Crippen LogP contribution in [-0.2, 0) is 6.42 Å². The minimum Gasteiger partial charge on any atom is -0.495 e. The van der Waals surface area contributed by atoms with Gasteiger partial charge in [-0.15, -0.1) is 0 Å². The SMILES string of the molecule is COc1cc(C)ccc1NC(=O)NCCc1ccc(F)cc1F. The van der Waals surface area contributed by atoms with E-state index in [4.69, 9.17) is 4.74 Å². The number of carbonyl (C=O) groups excluding carboxylic acids is 1. The molecule has 0 unspecified atom stereocenters. The Morgan fingerprint density at radius 1 is 1.17 bits per heavy atom. The van der Waals surface area contributed by atoms with E-state index in [1.807, 2.05) is 19.1 Å². The van der Waals surface area contributed by atoms with E-state index in [1.165, 1.54) is 19.2 Å². The topological polar surface area (TPSA) is 50.4 Å². The van der Waals surface area contributed by atoms with Gasteiger partial charge in [-0.05, 0) is 42.7 Å². The maximum Gasteiger partial charge on any atom is 0.319 e. The van der Waals surface area contributed by atoms with Crippen LogP contribution >= 0.6 is 0 Å². The maximum absolute atomic E-state index is 13.5. The molecule has 0 saturated carbocycles. The summed E-state index contributed by atoms with van der Waals surface area (Å²) in [5, 5.41) is 5.29. The Morgan fingerprint density at radius 3 is 2.65 bits per heavy atom. The largest absolute Gasteiger partial charge is 0.495 e. The van der Waals surface area contributed by atoms with Crippen LogP contribution < -0.4 is 15.4 Å². The van der Waals surface area contributed by atoms with Crippen LogP contribution in [0.15, 0.2) is 36.4 Å². The van der Waals surface area contributed by atoms with Crippen LogP contribution in [0.1, 0.15) is 11.1 Å². The Bertz CT molecular complexity index is 705. The lowest BCUT2D eigenvalue weighted by atomic mass is 10.1. The molecule has 6 heteroatoms. The summed E-state index contributed by atoms with van der Waals surface area (Å²) in [7, 11) is 1.52. The molecule has 2 aromatic carbocycles. The smallest absolute Gasteiger partial charge is 0.319 e. The zero-order valence-electron chi connectivity index (χ0n) is 13.0. The average Bonchev–Trinajstić information content (AvgIpc) is 2.51. The molecule has 2 N–H and O–H groups in total. The van der Waals surface area contributed by atoms with Gasteiger partial charge in [0.1, 0.15) is 17.4 Å². The second-order valence-electron chi connectivity index (χ2n) is 5.07. The summed E-state index contributed by atoms with van der Waals surface area (Å²) in [6.45, 7) is 2.15. The van der Waals surface area contributed by atoms with Gasteiger partial charge in [0.15, 0.2) is 0 Å². The van der Waals surface area contributed by atoms with E-state index in [9.17, 15) is 13.6 Å². The number of nitrogens with one attached hydrogen (secondary N) is 2. The molecule has 0 saturated heterocycles. The van der Waals surface area contributed by atoms with E-state index < -0.39 is 17.7 Å². The van der Waals surface area contributed by atoms with Crippen molar-refractivity contribution in [1.82, 2.24) is 5.32 Å². The molecule has 2 rings (SSSR count). The van der Waals surface area contributed by atoms with E-state index in [2.05, 4.69) is 10.6 Å². The molecule has 0 aliphatic heterocycles. The van der Waals surface area contributed by atoms with Crippen LogP contribution in [0.2, 0.25) is 0 Å². The number of ether oxygens (including phenoxy) is 1. The molecule has 0 aliphatic rings.